The molecule has 1 aromatic carbocycles. The summed E-state index contributed by atoms with van der Waals surface area (Å²) in [5.41, 5.74) is -1.000. The van der Waals surface area contributed by atoms with Crippen molar-refractivity contribution in [3.63, 3.8) is 0 Å². The van der Waals surface area contributed by atoms with E-state index in [0.29, 0.717) is 23.8 Å². The van der Waals surface area contributed by atoms with Gasteiger partial charge in [-0.3, -0.25) is 4.79 Å². The first kappa shape index (κ1) is 15.1. The number of hydrogen-bond donors (Lipinski definition) is 2. The van der Waals surface area contributed by atoms with E-state index in [1.165, 1.54) is 0 Å². The van der Waals surface area contributed by atoms with Crippen molar-refractivity contribution >= 4 is 17.5 Å². The Hall–Kier alpha value is -1.30. The van der Waals surface area contributed by atoms with Crippen LogP contribution in [0.4, 0.5) is 0 Å². The van der Waals surface area contributed by atoms with Crippen LogP contribution in [-0.2, 0) is 9.53 Å². The average Bonchev–Trinajstić information content (AvgIpc) is 2.76. The lowest BCUT2D eigenvalue weighted by Crippen LogP contribution is -2.48. The van der Waals surface area contributed by atoms with Crippen molar-refractivity contribution in [2.24, 2.45) is 0 Å². The number of benzene rings is 1. The van der Waals surface area contributed by atoms with Crippen molar-refractivity contribution in [3.8, 4) is 5.75 Å². The largest absolute Gasteiger partial charge is 0.482 e. The lowest BCUT2D eigenvalue weighted by Gasteiger charge is -2.26. The predicted molar refractivity (Wildman–Crippen MR) is 74.9 cm³/mol. The topological polar surface area (TPSA) is 67.8 Å². The Balaban J connectivity index is 1.77. The molecule has 1 saturated heterocycles. The highest BCUT2D eigenvalue weighted by Crippen LogP contribution is 2.25. The summed E-state index contributed by atoms with van der Waals surface area (Å²) in [6, 6.07) is 6.94. The van der Waals surface area contributed by atoms with Gasteiger partial charge in [0.25, 0.3) is 5.91 Å². The SMILES string of the molecule is CC1OCCC1(O)CNC(=O)COc1ccccc1Cl. The fourth-order valence-corrected chi connectivity index (χ4v) is 2.20. The number of aliphatic hydroxyl groups is 1. The molecule has 1 amide bonds. The lowest BCUT2D eigenvalue weighted by molar-refractivity contribution is -0.124. The summed E-state index contributed by atoms with van der Waals surface area (Å²) in [6.07, 6.45) is 0.229. The van der Waals surface area contributed by atoms with Gasteiger partial charge in [-0.1, -0.05) is 23.7 Å². The number of carbonyl (C=O) groups excluding carboxylic acids is 1. The van der Waals surface area contributed by atoms with Crippen LogP contribution in [0.5, 0.6) is 5.75 Å². The second kappa shape index (κ2) is 6.43. The van der Waals surface area contributed by atoms with E-state index >= 15 is 0 Å². The first-order chi connectivity index (χ1) is 9.51. The summed E-state index contributed by atoms with van der Waals surface area (Å²) in [7, 11) is 0. The molecule has 0 radical (unpaired) electrons. The van der Waals surface area contributed by atoms with Crippen molar-refractivity contribution in [2.75, 3.05) is 19.8 Å². The summed E-state index contributed by atoms with van der Waals surface area (Å²) in [6.45, 7) is 2.30. The van der Waals surface area contributed by atoms with Gasteiger partial charge in [0.2, 0.25) is 0 Å². The van der Waals surface area contributed by atoms with Gasteiger partial charge in [-0.15, -0.1) is 0 Å². The monoisotopic (exact) mass is 299 g/mol. The molecule has 0 saturated carbocycles. The molecule has 2 rings (SSSR count). The number of halogens is 1. The van der Waals surface area contributed by atoms with Crippen LogP contribution in [0, 0.1) is 0 Å². The quantitative estimate of drug-likeness (QED) is 0.862. The van der Waals surface area contributed by atoms with Crippen molar-refractivity contribution in [1.29, 1.82) is 0 Å². The number of carbonyl (C=O) groups is 1. The van der Waals surface area contributed by atoms with E-state index in [4.69, 9.17) is 21.1 Å². The van der Waals surface area contributed by atoms with E-state index in [0.717, 1.165) is 0 Å². The molecule has 0 spiro atoms. The number of para-hydroxylation sites is 1. The Kier molecular flexibility index (Phi) is 4.86. The van der Waals surface area contributed by atoms with Gasteiger partial charge in [-0.2, -0.15) is 0 Å². The van der Waals surface area contributed by atoms with Crippen molar-refractivity contribution in [3.05, 3.63) is 29.3 Å². The molecule has 1 aromatic rings. The predicted octanol–water partition coefficient (Wildman–Crippen LogP) is 1.37. The average molecular weight is 300 g/mol. The van der Waals surface area contributed by atoms with E-state index in [9.17, 15) is 9.90 Å². The molecule has 2 N–H and O–H groups in total. The van der Waals surface area contributed by atoms with Gasteiger partial charge in [0.1, 0.15) is 11.4 Å². The molecule has 2 unspecified atom stereocenters. The van der Waals surface area contributed by atoms with Gasteiger partial charge < -0.3 is 19.9 Å². The zero-order chi connectivity index (χ0) is 14.6. The first-order valence-electron chi connectivity index (χ1n) is 6.49. The zero-order valence-corrected chi connectivity index (χ0v) is 12.0. The van der Waals surface area contributed by atoms with Crippen LogP contribution in [0.2, 0.25) is 5.02 Å². The lowest BCUT2D eigenvalue weighted by atomic mass is 9.97. The summed E-state index contributed by atoms with van der Waals surface area (Å²) < 4.78 is 10.6. The normalized spacial score (nSPS) is 25.4. The standard InChI is InChI=1S/C14H18ClNO4/c1-10-14(18,6-7-19-10)9-16-13(17)8-20-12-5-3-2-4-11(12)15/h2-5,10,18H,6-9H2,1H3,(H,16,17). The van der Waals surface area contributed by atoms with Gasteiger partial charge >= 0.3 is 0 Å². The fraction of sp³-hybridized carbons (Fsp3) is 0.500. The van der Waals surface area contributed by atoms with Crippen LogP contribution < -0.4 is 10.1 Å². The molecule has 0 bridgehead atoms. The summed E-state index contributed by atoms with van der Waals surface area (Å²) >= 11 is 5.92. The molecule has 1 heterocycles. The molecule has 0 aromatic heterocycles. The maximum Gasteiger partial charge on any atom is 0.258 e. The van der Waals surface area contributed by atoms with Crippen LogP contribution >= 0.6 is 11.6 Å². The van der Waals surface area contributed by atoms with Crippen LogP contribution in [0.1, 0.15) is 13.3 Å². The summed E-state index contributed by atoms with van der Waals surface area (Å²) in [5, 5.41) is 13.3. The number of nitrogens with one attached hydrogen (secondary N) is 1. The molecule has 1 fully saturated rings. The molecule has 110 valence electrons. The fourth-order valence-electron chi connectivity index (χ4n) is 2.01. The molecule has 0 aliphatic carbocycles. The Morgan fingerprint density at radius 1 is 1.60 bits per heavy atom. The Morgan fingerprint density at radius 2 is 2.35 bits per heavy atom. The van der Waals surface area contributed by atoms with Gasteiger partial charge in [0.05, 0.1) is 11.1 Å². The second-order valence-electron chi connectivity index (χ2n) is 4.86. The molecule has 1 aliphatic heterocycles. The van der Waals surface area contributed by atoms with Crippen LogP contribution in [0.3, 0.4) is 0 Å². The van der Waals surface area contributed by atoms with Crippen molar-refractivity contribution in [2.45, 2.75) is 25.0 Å². The summed E-state index contributed by atoms with van der Waals surface area (Å²) in [4.78, 5) is 11.7. The maximum absolute atomic E-state index is 11.7. The maximum atomic E-state index is 11.7. The van der Waals surface area contributed by atoms with Crippen molar-refractivity contribution < 1.29 is 19.4 Å². The van der Waals surface area contributed by atoms with E-state index in [2.05, 4.69) is 5.32 Å². The zero-order valence-electron chi connectivity index (χ0n) is 11.3. The molecule has 6 heteroatoms. The number of hydrogen-bond acceptors (Lipinski definition) is 4. The Bertz CT molecular complexity index is 482. The van der Waals surface area contributed by atoms with Gasteiger partial charge in [-0.25, -0.2) is 0 Å². The molecule has 5 nitrogen and oxygen atoms in total. The molecule has 2 atom stereocenters. The molecule has 20 heavy (non-hydrogen) atoms. The second-order valence-corrected chi connectivity index (χ2v) is 5.27. The van der Waals surface area contributed by atoms with Crippen LogP contribution in [0.25, 0.3) is 0 Å². The highest BCUT2D eigenvalue weighted by molar-refractivity contribution is 6.32. The van der Waals surface area contributed by atoms with Crippen LogP contribution in [-0.4, -0.2) is 42.5 Å². The van der Waals surface area contributed by atoms with Gasteiger partial charge in [-0.05, 0) is 19.1 Å². The van der Waals surface area contributed by atoms with E-state index in [1.54, 1.807) is 31.2 Å². The minimum atomic E-state index is -1.000. The molecular weight excluding hydrogens is 282 g/mol. The third-order valence-electron chi connectivity index (χ3n) is 3.45. The van der Waals surface area contributed by atoms with Gasteiger partial charge in [0, 0.05) is 19.6 Å². The van der Waals surface area contributed by atoms with E-state index < -0.39 is 5.60 Å². The molecular formula is C14H18ClNO4. The van der Waals surface area contributed by atoms with Gasteiger partial charge in [0.15, 0.2) is 6.61 Å². The van der Waals surface area contributed by atoms with E-state index in [-0.39, 0.29) is 25.2 Å². The summed E-state index contributed by atoms with van der Waals surface area (Å²) in [5.74, 6) is 0.151. The number of amides is 1. The minimum absolute atomic E-state index is 0.144. The number of rotatable bonds is 5. The van der Waals surface area contributed by atoms with Crippen molar-refractivity contribution in [1.82, 2.24) is 5.32 Å². The van der Waals surface area contributed by atoms with Crippen LogP contribution in [0.15, 0.2) is 24.3 Å². The first-order valence-corrected chi connectivity index (χ1v) is 6.87. The third-order valence-corrected chi connectivity index (χ3v) is 3.76. The Morgan fingerprint density at radius 3 is 3.00 bits per heavy atom. The smallest absolute Gasteiger partial charge is 0.258 e. The highest BCUT2D eigenvalue weighted by atomic mass is 35.5. The highest BCUT2D eigenvalue weighted by Gasteiger charge is 2.39. The third kappa shape index (κ3) is 3.62. The Labute approximate surface area is 122 Å². The number of ether oxygens (including phenoxy) is 2. The minimum Gasteiger partial charge on any atom is -0.482 e. The van der Waals surface area contributed by atoms with E-state index in [1.807, 2.05) is 0 Å². The molecule has 1 aliphatic rings.